The number of H-pyrrole nitrogens is 1. The Kier molecular flexibility index (Phi) is 4.24. The summed E-state index contributed by atoms with van der Waals surface area (Å²) in [6.07, 6.45) is 0.869. The van der Waals surface area contributed by atoms with Crippen molar-refractivity contribution in [3.63, 3.8) is 0 Å². The minimum absolute atomic E-state index is 0.217. The van der Waals surface area contributed by atoms with Crippen molar-refractivity contribution in [1.29, 1.82) is 0 Å². The van der Waals surface area contributed by atoms with Crippen molar-refractivity contribution >= 4 is 11.9 Å². The van der Waals surface area contributed by atoms with Crippen LogP contribution in [0.4, 0.5) is 0 Å². The summed E-state index contributed by atoms with van der Waals surface area (Å²) >= 11 is 0. The van der Waals surface area contributed by atoms with Crippen molar-refractivity contribution in [3.05, 3.63) is 51.9 Å². The Labute approximate surface area is 138 Å². The minimum atomic E-state index is -0.818. The maximum atomic E-state index is 12.5. The van der Waals surface area contributed by atoms with Crippen LogP contribution in [0.3, 0.4) is 0 Å². The molecule has 0 radical (unpaired) electrons. The lowest BCUT2D eigenvalue weighted by Crippen LogP contribution is -2.40. The van der Waals surface area contributed by atoms with Gasteiger partial charge in [-0.25, -0.2) is 4.68 Å². The van der Waals surface area contributed by atoms with Crippen LogP contribution in [0.15, 0.2) is 35.1 Å². The highest BCUT2D eigenvalue weighted by Gasteiger charge is 2.28. The number of aromatic nitrogens is 2. The summed E-state index contributed by atoms with van der Waals surface area (Å²) in [5.41, 5.74) is 1.65. The van der Waals surface area contributed by atoms with E-state index in [-0.39, 0.29) is 17.2 Å². The largest absolute Gasteiger partial charge is 0.481 e. The normalized spacial score (nSPS) is 15.5. The summed E-state index contributed by atoms with van der Waals surface area (Å²) in [4.78, 5) is 37.2. The molecular weight excluding hydrogens is 310 g/mol. The van der Waals surface area contributed by atoms with E-state index in [1.165, 1.54) is 10.7 Å². The lowest BCUT2D eigenvalue weighted by atomic mass is 9.97. The summed E-state index contributed by atoms with van der Waals surface area (Å²) < 4.78 is 1.33. The molecule has 0 saturated carbocycles. The number of hydrogen-bond acceptors (Lipinski definition) is 3. The van der Waals surface area contributed by atoms with Crippen molar-refractivity contribution in [2.24, 2.45) is 5.92 Å². The topological polar surface area (TPSA) is 95.4 Å². The molecule has 3 rings (SSSR count). The minimum Gasteiger partial charge on any atom is -0.481 e. The van der Waals surface area contributed by atoms with E-state index < -0.39 is 11.9 Å². The molecule has 0 atom stereocenters. The highest BCUT2D eigenvalue weighted by atomic mass is 16.4. The first-order valence-electron chi connectivity index (χ1n) is 7.87. The molecule has 126 valence electrons. The Morgan fingerprint density at radius 3 is 2.38 bits per heavy atom. The Bertz CT molecular complexity index is 811. The Morgan fingerprint density at radius 2 is 1.79 bits per heavy atom. The van der Waals surface area contributed by atoms with E-state index in [1.807, 2.05) is 19.1 Å². The van der Waals surface area contributed by atoms with E-state index >= 15 is 0 Å². The highest BCUT2D eigenvalue weighted by molar-refractivity contribution is 5.92. The molecule has 24 heavy (non-hydrogen) atoms. The van der Waals surface area contributed by atoms with Crippen molar-refractivity contribution in [2.45, 2.75) is 19.8 Å². The van der Waals surface area contributed by atoms with Crippen LogP contribution in [0.25, 0.3) is 5.69 Å². The summed E-state index contributed by atoms with van der Waals surface area (Å²) in [5, 5.41) is 11.9. The van der Waals surface area contributed by atoms with Gasteiger partial charge in [-0.1, -0.05) is 17.7 Å². The maximum absolute atomic E-state index is 12.5. The van der Waals surface area contributed by atoms with Crippen LogP contribution in [0.2, 0.25) is 0 Å². The predicted molar refractivity (Wildman–Crippen MR) is 87.4 cm³/mol. The number of carboxylic acid groups (broad SMARTS) is 1. The van der Waals surface area contributed by atoms with Crippen LogP contribution in [-0.2, 0) is 4.79 Å². The van der Waals surface area contributed by atoms with Gasteiger partial charge in [-0.15, -0.1) is 0 Å². The zero-order chi connectivity index (χ0) is 17.3. The number of piperidine rings is 1. The van der Waals surface area contributed by atoms with E-state index in [0.29, 0.717) is 31.6 Å². The third kappa shape index (κ3) is 3.10. The number of rotatable bonds is 3. The number of aryl methyl sites for hydroxylation is 1. The summed E-state index contributed by atoms with van der Waals surface area (Å²) in [6, 6.07) is 8.67. The molecule has 1 aromatic heterocycles. The van der Waals surface area contributed by atoms with Gasteiger partial charge in [0.05, 0.1) is 11.6 Å². The molecule has 2 heterocycles. The van der Waals surface area contributed by atoms with Gasteiger partial charge < -0.3 is 10.0 Å². The smallest absolute Gasteiger partial charge is 0.306 e. The molecule has 1 saturated heterocycles. The Hall–Kier alpha value is -2.83. The summed E-state index contributed by atoms with van der Waals surface area (Å²) in [6.45, 7) is 2.72. The van der Waals surface area contributed by atoms with Crippen molar-refractivity contribution in [1.82, 2.24) is 14.7 Å². The maximum Gasteiger partial charge on any atom is 0.306 e. The molecule has 0 spiro atoms. The number of carbonyl (C=O) groups excluding carboxylic acids is 1. The number of carboxylic acids is 1. The van der Waals surface area contributed by atoms with Gasteiger partial charge in [0.1, 0.15) is 5.69 Å². The number of amides is 1. The number of nitrogens with one attached hydrogen (secondary N) is 1. The van der Waals surface area contributed by atoms with Gasteiger partial charge in [0.15, 0.2) is 0 Å². The monoisotopic (exact) mass is 329 g/mol. The van der Waals surface area contributed by atoms with E-state index in [0.717, 1.165) is 5.56 Å². The first-order chi connectivity index (χ1) is 11.5. The third-order valence-corrected chi connectivity index (χ3v) is 4.37. The van der Waals surface area contributed by atoms with E-state index in [4.69, 9.17) is 5.11 Å². The average molecular weight is 329 g/mol. The lowest BCUT2D eigenvalue weighted by molar-refractivity contribution is -0.143. The van der Waals surface area contributed by atoms with Crippen molar-refractivity contribution in [2.75, 3.05) is 13.1 Å². The first kappa shape index (κ1) is 16.0. The zero-order valence-corrected chi connectivity index (χ0v) is 13.4. The van der Waals surface area contributed by atoms with E-state index in [1.54, 1.807) is 17.0 Å². The van der Waals surface area contributed by atoms with Crippen LogP contribution in [0.5, 0.6) is 0 Å². The molecule has 1 amide bonds. The van der Waals surface area contributed by atoms with Gasteiger partial charge in [-0.05, 0) is 31.9 Å². The fraction of sp³-hybridized carbons (Fsp3) is 0.353. The standard InChI is InChI=1S/C17H19N3O4/c1-11-2-4-13(5-3-11)20-15(21)10-14(18-20)16(22)19-8-6-12(7-9-19)17(23)24/h2-5,10,12,18H,6-9H2,1H3,(H,23,24). The van der Waals surface area contributed by atoms with Gasteiger partial charge in [-0.3, -0.25) is 19.5 Å². The highest BCUT2D eigenvalue weighted by Crippen LogP contribution is 2.18. The molecule has 1 fully saturated rings. The number of nitrogens with zero attached hydrogens (tertiary/aromatic N) is 2. The predicted octanol–water partition coefficient (Wildman–Crippen LogP) is 1.41. The SMILES string of the molecule is Cc1ccc(-n2[nH]c(C(=O)N3CCC(C(=O)O)CC3)cc2=O)cc1. The fourth-order valence-corrected chi connectivity index (χ4v) is 2.89. The molecule has 1 aliphatic rings. The molecule has 1 aliphatic heterocycles. The number of hydrogen-bond donors (Lipinski definition) is 2. The van der Waals surface area contributed by atoms with E-state index in [9.17, 15) is 14.4 Å². The van der Waals surface area contributed by atoms with Crippen LogP contribution in [0.1, 0.15) is 28.9 Å². The molecular formula is C17H19N3O4. The molecule has 2 N–H and O–H groups in total. The zero-order valence-electron chi connectivity index (χ0n) is 13.4. The summed E-state index contributed by atoms with van der Waals surface area (Å²) in [5.74, 6) is -1.49. The van der Waals surface area contributed by atoms with Gasteiger partial charge in [0.2, 0.25) is 0 Å². The molecule has 7 nitrogen and oxygen atoms in total. The number of benzene rings is 1. The number of aromatic amines is 1. The third-order valence-electron chi connectivity index (χ3n) is 4.37. The molecule has 0 unspecified atom stereocenters. The van der Waals surface area contributed by atoms with Gasteiger partial charge in [0.25, 0.3) is 11.5 Å². The number of carbonyl (C=O) groups is 2. The Morgan fingerprint density at radius 1 is 1.17 bits per heavy atom. The van der Waals surface area contributed by atoms with E-state index in [2.05, 4.69) is 5.10 Å². The second kappa shape index (κ2) is 6.35. The molecule has 2 aromatic rings. The van der Waals surface area contributed by atoms with Crippen LogP contribution < -0.4 is 5.56 Å². The average Bonchev–Trinajstić information content (AvgIpc) is 2.97. The lowest BCUT2D eigenvalue weighted by Gasteiger charge is -2.29. The van der Waals surface area contributed by atoms with Gasteiger partial charge in [0, 0.05) is 19.2 Å². The van der Waals surface area contributed by atoms with Gasteiger partial charge in [-0.2, -0.15) is 0 Å². The van der Waals surface area contributed by atoms with Crippen molar-refractivity contribution in [3.8, 4) is 5.69 Å². The molecule has 0 aliphatic carbocycles. The fourth-order valence-electron chi connectivity index (χ4n) is 2.89. The number of aliphatic carboxylic acids is 1. The first-order valence-corrected chi connectivity index (χ1v) is 7.87. The second-order valence-electron chi connectivity index (χ2n) is 6.08. The van der Waals surface area contributed by atoms with Gasteiger partial charge >= 0.3 is 5.97 Å². The Balaban J connectivity index is 1.77. The molecule has 7 heteroatoms. The van der Waals surface area contributed by atoms with Crippen LogP contribution in [0, 0.1) is 12.8 Å². The summed E-state index contributed by atoms with van der Waals surface area (Å²) in [7, 11) is 0. The number of likely N-dealkylation sites (tertiary alicyclic amines) is 1. The van der Waals surface area contributed by atoms with Crippen molar-refractivity contribution < 1.29 is 14.7 Å². The van der Waals surface area contributed by atoms with Crippen LogP contribution >= 0.6 is 0 Å². The molecule has 0 bridgehead atoms. The second-order valence-corrected chi connectivity index (χ2v) is 6.08. The van der Waals surface area contributed by atoms with Crippen LogP contribution in [-0.4, -0.2) is 44.8 Å². The molecule has 1 aromatic carbocycles. The quantitative estimate of drug-likeness (QED) is 0.890.